The van der Waals surface area contributed by atoms with Crippen LogP contribution in [0.5, 0.6) is 5.75 Å². The van der Waals surface area contributed by atoms with Crippen LogP contribution in [-0.4, -0.2) is 24.3 Å². The number of ether oxygens (including phenoxy) is 1. The quantitative estimate of drug-likeness (QED) is 0.710. The molecule has 0 aliphatic carbocycles. The summed E-state index contributed by atoms with van der Waals surface area (Å²) in [5.74, 6) is 2.17. The minimum absolute atomic E-state index is 0.0625. The van der Waals surface area contributed by atoms with Crippen molar-refractivity contribution in [1.29, 1.82) is 0 Å². The predicted molar refractivity (Wildman–Crippen MR) is 86.0 cm³/mol. The van der Waals surface area contributed by atoms with E-state index in [-0.39, 0.29) is 24.6 Å². The summed E-state index contributed by atoms with van der Waals surface area (Å²) in [5.41, 5.74) is -1.12. The highest BCUT2D eigenvalue weighted by molar-refractivity contribution is 5.90. The molecule has 1 aromatic carbocycles. The van der Waals surface area contributed by atoms with E-state index in [1.807, 2.05) is 0 Å². The number of anilines is 1. The topological polar surface area (TPSA) is 83.7 Å². The molecule has 0 saturated heterocycles. The largest absolute Gasteiger partial charge is 0.479 e. The summed E-state index contributed by atoms with van der Waals surface area (Å²) in [6.07, 6.45) is 6.53. The molecule has 126 valence electrons. The molecular formula is C17H17FN2O4. The van der Waals surface area contributed by atoms with Gasteiger partial charge in [0.25, 0.3) is 0 Å². The van der Waals surface area contributed by atoms with Crippen molar-refractivity contribution < 1.29 is 23.4 Å². The van der Waals surface area contributed by atoms with Crippen LogP contribution in [0.3, 0.4) is 0 Å². The molecular weight excluding hydrogens is 315 g/mol. The van der Waals surface area contributed by atoms with Crippen LogP contribution in [0, 0.1) is 18.2 Å². The van der Waals surface area contributed by atoms with Crippen molar-refractivity contribution >= 4 is 11.7 Å². The number of halogens is 1. The number of furan rings is 1. The highest BCUT2D eigenvalue weighted by Crippen LogP contribution is 2.25. The Balaban J connectivity index is 1.99. The van der Waals surface area contributed by atoms with E-state index in [9.17, 15) is 14.3 Å². The fraction of sp³-hybridized carbons (Fsp3) is 0.235. The van der Waals surface area contributed by atoms with E-state index in [0.29, 0.717) is 5.76 Å². The van der Waals surface area contributed by atoms with Gasteiger partial charge in [0.1, 0.15) is 29.5 Å². The summed E-state index contributed by atoms with van der Waals surface area (Å²) < 4.78 is 23.6. The van der Waals surface area contributed by atoms with Crippen molar-refractivity contribution in [2.45, 2.75) is 12.5 Å². The number of urea groups is 1. The number of nitrogens with one attached hydrogen (secondary N) is 2. The van der Waals surface area contributed by atoms with Crippen LogP contribution >= 0.6 is 0 Å². The molecule has 1 aromatic heterocycles. The molecule has 0 fully saturated rings. The second kappa shape index (κ2) is 7.53. The van der Waals surface area contributed by atoms with Crippen LogP contribution in [0.1, 0.15) is 12.7 Å². The molecule has 0 radical (unpaired) electrons. The second-order valence-corrected chi connectivity index (χ2v) is 5.19. The van der Waals surface area contributed by atoms with E-state index in [1.165, 1.54) is 25.3 Å². The minimum Gasteiger partial charge on any atom is -0.479 e. The van der Waals surface area contributed by atoms with E-state index in [4.69, 9.17) is 15.6 Å². The van der Waals surface area contributed by atoms with Gasteiger partial charge in [0, 0.05) is 6.07 Å². The van der Waals surface area contributed by atoms with Crippen LogP contribution in [0.4, 0.5) is 14.9 Å². The fourth-order valence-electron chi connectivity index (χ4n) is 1.93. The number of amides is 2. The SMILES string of the molecule is C#CCOc1cc(F)ccc1NC(=O)NCC(C)(O)c1ccco1. The molecule has 2 aromatic rings. The predicted octanol–water partition coefficient (Wildman–Crippen LogP) is 2.46. The van der Waals surface area contributed by atoms with Crippen molar-refractivity contribution in [3.8, 4) is 18.1 Å². The van der Waals surface area contributed by atoms with Crippen LogP contribution in [0.15, 0.2) is 41.0 Å². The standard InChI is InChI=1S/C17H17FN2O4/c1-3-8-23-14-10-12(18)6-7-13(14)20-16(21)19-11-17(2,22)15-5-4-9-24-15/h1,4-7,9-10,22H,8,11H2,2H3,(H2,19,20,21). The van der Waals surface area contributed by atoms with Crippen LogP contribution in [0.2, 0.25) is 0 Å². The average molecular weight is 332 g/mol. The fourth-order valence-corrected chi connectivity index (χ4v) is 1.93. The number of hydrogen-bond donors (Lipinski definition) is 3. The van der Waals surface area contributed by atoms with Gasteiger partial charge < -0.3 is 24.9 Å². The van der Waals surface area contributed by atoms with Gasteiger partial charge in [0.05, 0.1) is 18.5 Å². The molecule has 1 atom stereocenters. The van der Waals surface area contributed by atoms with Crippen LogP contribution < -0.4 is 15.4 Å². The molecule has 2 rings (SSSR count). The molecule has 3 N–H and O–H groups in total. The zero-order valence-electron chi connectivity index (χ0n) is 13.0. The lowest BCUT2D eigenvalue weighted by Gasteiger charge is -2.21. The molecule has 7 heteroatoms. The third kappa shape index (κ3) is 4.51. The Morgan fingerprint density at radius 3 is 2.96 bits per heavy atom. The average Bonchev–Trinajstić information content (AvgIpc) is 3.08. The van der Waals surface area contributed by atoms with Gasteiger partial charge in [-0.3, -0.25) is 0 Å². The maximum absolute atomic E-state index is 13.3. The van der Waals surface area contributed by atoms with Crippen molar-refractivity contribution in [2.24, 2.45) is 0 Å². The summed E-state index contributed by atoms with van der Waals surface area (Å²) in [4.78, 5) is 12.0. The van der Waals surface area contributed by atoms with Gasteiger partial charge in [0.2, 0.25) is 0 Å². The molecule has 0 bridgehead atoms. The number of carbonyl (C=O) groups is 1. The first-order chi connectivity index (χ1) is 11.4. The first kappa shape index (κ1) is 17.4. The Bertz CT molecular complexity index is 736. The Kier molecular flexibility index (Phi) is 5.45. The minimum atomic E-state index is -1.37. The van der Waals surface area contributed by atoms with E-state index in [2.05, 4.69) is 16.6 Å². The van der Waals surface area contributed by atoms with Crippen LogP contribution in [-0.2, 0) is 5.60 Å². The normalized spacial score (nSPS) is 12.8. The molecule has 1 heterocycles. The lowest BCUT2D eigenvalue weighted by atomic mass is 10.0. The Labute approximate surface area is 138 Å². The lowest BCUT2D eigenvalue weighted by Crippen LogP contribution is -2.40. The van der Waals surface area contributed by atoms with E-state index in [1.54, 1.807) is 12.1 Å². The molecule has 24 heavy (non-hydrogen) atoms. The molecule has 0 saturated carbocycles. The maximum atomic E-state index is 13.3. The van der Waals surface area contributed by atoms with Gasteiger partial charge in [-0.1, -0.05) is 5.92 Å². The molecule has 6 nitrogen and oxygen atoms in total. The molecule has 0 aliphatic rings. The number of benzene rings is 1. The number of carbonyl (C=O) groups excluding carboxylic acids is 1. The summed E-state index contributed by atoms with van der Waals surface area (Å²) in [5, 5.41) is 15.3. The van der Waals surface area contributed by atoms with Gasteiger partial charge in [0.15, 0.2) is 0 Å². The summed E-state index contributed by atoms with van der Waals surface area (Å²) >= 11 is 0. The van der Waals surface area contributed by atoms with E-state index in [0.717, 1.165) is 6.07 Å². The summed E-state index contributed by atoms with van der Waals surface area (Å²) in [6.45, 7) is 1.35. The van der Waals surface area contributed by atoms with Gasteiger partial charge in [-0.05, 0) is 31.2 Å². The maximum Gasteiger partial charge on any atom is 0.319 e. The monoisotopic (exact) mass is 332 g/mol. The number of aliphatic hydroxyl groups is 1. The van der Waals surface area contributed by atoms with E-state index < -0.39 is 17.4 Å². The second-order valence-electron chi connectivity index (χ2n) is 5.19. The third-order valence-electron chi connectivity index (χ3n) is 3.15. The van der Waals surface area contributed by atoms with Crippen molar-refractivity contribution in [3.63, 3.8) is 0 Å². The Hall–Kier alpha value is -2.98. The van der Waals surface area contributed by atoms with Gasteiger partial charge in [-0.2, -0.15) is 0 Å². The highest BCUT2D eigenvalue weighted by atomic mass is 19.1. The van der Waals surface area contributed by atoms with Gasteiger partial charge in [-0.25, -0.2) is 9.18 Å². The van der Waals surface area contributed by atoms with Crippen molar-refractivity contribution in [2.75, 3.05) is 18.5 Å². The summed E-state index contributed by atoms with van der Waals surface area (Å²) in [6, 6.07) is 6.29. The molecule has 0 spiro atoms. The lowest BCUT2D eigenvalue weighted by molar-refractivity contribution is 0.0372. The van der Waals surface area contributed by atoms with Gasteiger partial charge >= 0.3 is 6.03 Å². The number of rotatable bonds is 6. The van der Waals surface area contributed by atoms with Crippen LogP contribution in [0.25, 0.3) is 0 Å². The zero-order valence-corrected chi connectivity index (χ0v) is 13.0. The van der Waals surface area contributed by atoms with Crippen molar-refractivity contribution in [3.05, 3.63) is 48.2 Å². The highest BCUT2D eigenvalue weighted by Gasteiger charge is 2.26. The van der Waals surface area contributed by atoms with Crippen molar-refractivity contribution in [1.82, 2.24) is 5.32 Å². The first-order valence-electron chi connectivity index (χ1n) is 7.09. The Morgan fingerprint density at radius 2 is 2.29 bits per heavy atom. The zero-order chi connectivity index (χ0) is 17.6. The number of terminal acetylenes is 1. The number of hydrogen-bond acceptors (Lipinski definition) is 4. The third-order valence-corrected chi connectivity index (χ3v) is 3.15. The molecule has 0 aliphatic heterocycles. The summed E-state index contributed by atoms with van der Waals surface area (Å²) in [7, 11) is 0. The molecule has 1 unspecified atom stereocenters. The van der Waals surface area contributed by atoms with E-state index >= 15 is 0 Å². The first-order valence-corrected chi connectivity index (χ1v) is 7.09. The molecule has 2 amide bonds. The Morgan fingerprint density at radius 1 is 1.50 bits per heavy atom. The smallest absolute Gasteiger partial charge is 0.319 e. The van der Waals surface area contributed by atoms with Gasteiger partial charge in [-0.15, -0.1) is 6.42 Å².